The van der Waals surface area contributed by atoms with E-state index < -0.39 is 0 Å². The molecule has 2 heterocycles. The molecular formula is C23H28N2OS2. The molecule has 3 aromatic rings. The maximum Gasteiger partial charge on any atom is 0.119 e. The van der Waals surface area contributed by atoms with Gasteiger partial charge in [0, 0.05) is 18.0 Å². The van der Waals surface area contributed by atoms with Gasteiger partial charge in [0.05, 0.1) is 15.8 Å². The summed E-state index contributed by atoms with van der Waals surface area (Å²) >= 11 is 3.45. The van der Waals surface area contributed by atoms with Crippen LogP contribution in [0.2, 0.25) is 0 Å². The van der Waals surface area contributed by atoms with E-state index >= 15 is 0 Å². The van der Waals surface area contributed by atoms with E-state index in [1.807, 2.05) is 24.4 Å². The van der Waals surface area contributed by atoms with Crippen LogP contribution in [0, 0.1) is 0 Å². The highest BCUT2D eigenvalue weighted by atomic mass is 32.2. The van der Waals surface area contributed by atoms with E-state index in [1.165, 1.54) is 15.3 Å². The van der Waals surface area contributed by atoms with E-state index in [1.54, 1.807) is 29.3 Å². The average molecular weight is 413 g/mol. The van der Waals surface area contributed by atoms with Crippen molar-refractivity contribution in [3.8, 4) is 16.9 Å². The molecule has 0 saturated heterocycles. The second kappa shape index (κ2) is 9.01. The van der Waals surface area contributed by atoms with Gasteiger partial charge in [-0.05, 0) is 59.4 Å². The van der Waals surface area contributed by atoms with E-state index in [4.69, 9.17) is 10.5 Å². The molecule has 0 radical (unpaired) electrons. The zero-order valence-corrected chi connectivity index (χ0v) is 18.6. The molecule has 0 spiro atoms. The predicted octanol–water partition coefficient (Wildman–Crippen LogP) is 6.42. The van der Waals surface area contributed by atoms with Crippen molar-refractivity contribution in [2.24, 2.45) is 0 Å². The first-order chi connectivity index (χ1) is 13.4. The lowest BCUT2D eigenvalue weighted by atomic mass is 9.84. The number of hydrogen-bond acceptors (Lipinski definition) is 5. The first kappa shape index (κ1) is 20.7. The fourth-order valence-corrected chi connectivity index (χ4v) is 5.54. The zero-order valence-electron chi connectivity index (χ0n) is 17.0. The summed E-state index contributed by atoms with van der Waals surface area (Å²) in [6.07, 6.45) is 7.76. The molecule has 0 bridgehead atoms. The van der Waals surface area contributed by atoms with Gasteiger partial charge in [0.25, 0.3) is 0 Å². The summed E-state index contributed by atoms with van der Waals surface area (Å²) < 4.78 is 7.32. The van der Waals surface area contributed by atoms with Crippen LogP contribution in [0.3, 0.4) is 0 Å². The Bertz CT molecular complexity index is 914. The highest BCUT2D eigenvalue weighted by molar-refractivity contribution is 8.00. The number of anilines is 1. The Hall–Kier alpha value is -1.98. The number of rotatable bonds is 7. The van der Waals surface area contributed by atoms with Crippen molar-refractivity contribution in [2.45, 2.75) is 43.2 Å². The van der Waals surface area contributed by atoms with Crippen molar-refractivity contribution in [1.29, 1.82) is 0 Å². The van der Waals surface area contributed by atoms with Gasteiger partial charge in [-0.2, -0.15) is 0 Å². The van der Waals surface area contributed by atoms with Crippen molar-refractivity contribution in [3.05, 3.63) is 59.9 Å². The molecule has 3 nitrogen and oxygen atoms in total. The number of nitrogens with zero attached hydrogens (tertiary/aromatic N) is 1. The van der Waals surface area contributed by atoms with Gasteiger partial charge in [-0.15, -0.1) is 23.1 Å². The smallest absolute Gasteiger partial charge is 0.119 e. The minimum atomic E-state index is 0.0301. The number of aryl methyl sites for hydroxylation is 1. The third kappa shape index (κ3) is 4.89. The average Bonchev–Trinajstić information content (AvgIpc) is 3.03. The van der Waals surface area contributed by atoms with Crippen molar-refractivity contribution < 1.29 is 4.74 Å². The fraction of sp³-hybridized carbons (Fsp3) is 0.348. The van der Waals surface area contributed by atoms with Crippen LogP contribution in [0.5, 0.6) is 5.75 Å². The van der Waals surface area contributed by atoms with Crippen LogP contribution < -0.4 is 10.5 Å². The highest BCUT2D eigenvalue weighted by Gasteiger charge is 2.27. The van der Waals surface area contributed by atoms with E-state index in [-0.39, 0.29) is 5.41 Å². The van der Waals surface area contributed by atoms with Gasteiger partial charge >= 0.3 is 0 Å². The fourth-order valence-electron chi connectivity index (χ4n) is 3.29. The minimum Gasteiger partial charge on any atom is -0.494 e. The number of nitrogen functional groups attached to an aromatic ring is 1. The quantitative estimate of drug-likeness (QED) is 0.359. The number of ether oxygens (including phenoxy) is 1. The Balaban J connectivity index is 1.76. The molecule has 0 aliphatic carbocycles. The molecule has 0 fully saturated rings. The third-order valence-corrected chi connectivity index (χ3v) is 6.70. The lowest BCUT2D eigenvalue weighted by Gasteiger charge is -2.22. The standard InChI is InChI=1S/C23H28N2OS2/c1-23(2,3)20-19(21(24)28-22(20)27-4)17-10-5-11-18(14-17)26-13-7-9-16-8-6-12-25-15-16/h5-6,8,10-12,14-15H,7,9,13,24H2,1-4H3. The summed E-state index contributed by atoms with van der Waals surface area (Å²) in [6, 6.07) is 12.4. The van der Waals surface area contributed by atoms with E-state index in [0.29, 0.717) is 6.61 Å². The number of thiophene rings is 1. The Labute approximate surface area is 176 Å². The van der Waals surface area contributed by atoms with Gasteiger partial charge < -0.3 is 10.5 Å². The van der Waals surface area contributed by atoms with Crippen LogP contribution in [0.15, 0.2) is 53.0 Å². The molecule has 1 aromatic carbocycles. The summed E-state index contributed by atoms with van der Waals surface area (Å²) in [5, 5.41) is 0.878. The highest BCUT2D eigenvalue weighted by Crippen LogP contribution is 2.48. The molecule has 28 heavy (non-hydrogen) atoms. The SMILES string of the molecule is CSc1sc(N)c(-c2cccc(OCCCc3cccnc3)c2)c1C(C)(C)C. The molecule has 2 N–H and O–H groups in total. The lowest BCUT2D eigenvalue weighted by molar-refractivity contribution is 0.311. The van der Waals surface area contributed by atoms with E-state index in [0.717, 1.165) is 34.7 Å². The maximum atomic E-state index is 6.44. The van der Waals surface area contributed by atoms with Crippen LogP contribution in [0.4, 0.5) is 5.00 Å². The molecule has 0 atom stereocenters. The van der Waals surface area contributed by atoms with Gasteiger partial charge in [0.1, 0.15) is 5.75 Å². The summed E-state index contributed by atoms with van der Waals surface area (Å²) in [5.74, 6) is 0.889. The van der Waals surface area contributed by atoms with Crippen molar-refractivity contribution in [2.75, 3.05) is 18.6 Å². The third-order valence-electron chi connectivity index (χ3n) is 4.56. The predicted molar refractivity (Wildman–Crippen MR) is 123 cm³/mol. The van der Waals surface area contributed by atoms with Gasteiger partial charge in [-0.1, -0.05) is 39.0 Å². The number of pyridine rings is 1. The Morgan fingerprint density at radius 2 is 2.00 bits per heavy atom. The first-order valence-electron chi connectivity index (χ1n) is 9.49. The van der Waals surface area contributed by atoms with Crippen LogP contribution in [-0.4, -0.2) is 17.8 Å². The van der Waals surface area contributed by atoms with E-state index in [9.17, 15) is 0 Å². The van der Waals surface area contributed by atoms with Crippen LogP contribution in [0.1, 0.15) is 38.3 Å². The Morgan fingerprint density at radius 1 is 1.18 bits per heavy atom. The van der Waals surface area contributed by atoms with Crippen molar-refractivity contribution >= 4 is 28.1 Å². The molecule has 0 amide bonds. The molecule has 0 aliphatic heterocycles. The van der Waals surface area contributed by atoms with Crippen molar-refractivity contribution in [3.63, 3.8) is 0 Å². The first-order valence-corrected chi connectivity index (χ1v) is 11.5. The second-order valence-corrected chi connectivity index (χ2v) is 9.93. The maximum absolute atomic E-state index is 6.44. The van der Waals surface area contributed by atoms with Gasteiger partial charge in [0.2, 0.25) is 0 Å². The molecule has 0 saturated carbocycles. The molecule has 0 aliphatic rings. The number of benzene rings is 1. The van der Waals surface area contributed by atoms with Crippen LogP contribution in [-0.2, 0) is 11.8 Å². The summed E-state index contributed by atoms with van der Waals surface area (Å²) in [7, 11) is 0. The summed E-state index contributed by atoms with van der Waals surface area (Å²) in [5.41, 5.74) is 11.3. The minimum absolute atomic E-state index is 0.0301. The van der Waals surface area contributed by atoms with Gasteiger partial charge in [-0.25, -0.2) is 0 Å². The van der Waals surface area contributed by atoms with Gasteiger partial charge in [-0.3, -0.25) is 4.98 Å². The molecular weight excluding hydrogens is 384 g/mol. The molecule has 3 rings (SSSR count). The van der Waals surface area contributed by atoms with Gasteiger partial charge in [0.15, 0.2) is 0 Å². The van der Waals surface area contributed by atoms with E-state index in [2.05, 4.69) is 50.2 Å². The van der Waals surface area contributed by atoms with Crippen molar-refractivity contribution in [1.82, 2.24) is 4.98 Å². The summed E-state index contributed by atoms with van der Waals surface area (Å²) in [6.45, 7) is 7.42. The zero-order chi connectivity index (χ0) is 20.1. The Kier molecular flexibility index (Phi) is 6.68. The lowest BCUT2D eigenvalue weighted by Crippen LogP contribution is -2.12. The largest absolute Gasteiger partial charge is 0.494 e. The number of aromatic nitrogens is 1. The monoisotopic (exact) mass is 412 g/mol. The molecule has 0 unspecified atom stereocenters. The topological polar surface area (TPSA) is 48.1 Å². The number of nitrogens with two attached hydrogens (primary N) is 1. The molecule has 148 valence electrons. The normalized spacial score (nSPS) is 11.6. The summed E-state index contributed by atoms with van der Waals surface area (Å²) in [4.78, 5) is 4.16. The second-order valence-electron chi connectivity index (χ2n) is 7.80. The number of thioether (sulfide) groups is 1. The molecule has 2 aromatic heterocycles. The van der Waals surface area contributed by atoms with Crippen LogP contribution >= 0.6 is 23.1 Å². The Morgan fingerprint density at radius 3 is 2.68 bits per heavy atom. The molecule has 5 heteroatoms. The number of hydrogen-bond donors (Lipinski definition) is 1. The van der Waals surface area contributed by atoms with Crippen LogP contribution in [0.25, 0.3) is 11.1 Å².